The molecular formula is C20H15BrF2N4O. The first-order valence-corrected chi connectivity index (χ1v) is 9.33. The zero-order valence-electron chi connectivity index (χ0n) is 14.7. The van der Waals surface area contributed by atoms with Gasteiger partial charge in [0.05, 0.1) is 16.2 Å². The van der Waals surface area contributed by atoms with Crippen molar-refractivity contribution in [2.75, 3.05) is 0 Å². The van der Waals surface area contributed by atoms with Gasteiger partial charge in [0.1, 0.15) is 17.2 Å². The quantitative estimate of drug-likeness (QED) is 0.607. The molecule has 0 unspecified atom stereocenters. The van der Waals surface area contributed by atoms with Crippen molar-refractivity contribution in [2.45, 2.75) is 18.5 Å². The van der Waals surface area contributed by atoms with Crippen LogP contribution in [0.5, 0.6) is 0 Å². The maximum absolute atomic E-state index is 14.0. The predicted octanol–water partition coefficient (Wildman–Crippen LogP) is 3.49. The molecule has 8 heteroatoms. The average molecular weight is 445 g/mol. The van der Waals surface area contributed by atoms with Crippen molar-refractivity contribution < 1.29 is 8.78 Å². The Morgan fingerprint density at radius 1 is 1.11 bits per heavy atom. The van der Waals surface area contributed by atoms with Crippen LogP contribution in [0, 0.1) is 11.8 Å². The molecule has 3 aromatic rings. The van der Waals surface area contributed by atoms with Crippen LogP contribution in [0.3, 0.4) is 0 Å². The van der Waals surface area contributed by atoms with Gasteiger partial charge < -0.3 is 10.3 Å². The lowest BCUT2D eigenvalue weighted by Gasteiger charge is -2.32. The SMILES string of the molecule is C[C@@H]1NC(c2cccc(=O)[nH]2)=N[C@@]1(c1ccnc(F)c1)c1ccc(F)c(Br)c1. The maximum Gasteiger partial charge on any atom is 0.248 e. The van der Waals surface area contributed by atoms with Crippen molar-refractivity contribution in [3.63, 3.8) is 0 Å². The minimum atomic E-state index is -1.04. The van der Waals surface area contributed by atoms with Crippen LogP contribution in [0.1, 0.15) is 23.7 Å². The number of benzene rings is 1. The normalized spacial score (nSPS) is 21.3. The molecule has 2 atom stereocenters. The summed E-state index contributed by atoms with van der Waals surface area (Å²) in [4.78, 5) is 22.9. The summed E-state index contributed by atoms with van der Waals surface area (Å²) < 4.78 is 28.1. The third-order valence-electron chi connectivity index (χ3n) is 4.82. The maximum atomic E-state index is 14.0. The lowest BCUT2D eigenvalue weighted by molar-refractivity contribution is 0.448. The van der Waals surface area contributed by atoms with Crippen molar-refractivity contribution in [1.29, 1.82) is 0 Å². The largest absolute Gasteiger partial charge is 0.363 e. The molecule has 0 saturated carbocycles. The molecule has 1 aromatic carbocycles. The number of nitrogens with zero attached hydrogens (tertiary/aromatic N) is 2. The van der Waals surface area contributed by atoms with Gasteiger partial charge >= 0.3 is 0 Å². The fourth-order valence-electron chi connectivity index (χ4n) is 3.51. The second-order valence-electron chi connectivity index (χ2n) is 6.52. The van der Waals surface area contributed by atoms with Crippen LogP contribution in [0.25, 0.3) is 0 Å². The first-order valence-electron chi connectivity index (χ1n) is 8.54. The number of aromatic nitrogens is 2. The summed E-state index contributed by atoms with van der Waals surface area (Å²) in [6, 6.07) is 12.0. The number of H-pyrrole nitrogens is 1. The first-order chi connectivity index (χ1) is 13.4. The summed E-state index contributed by atoms with van der Waals surface area (Å²) in [6.07, 6.45) is 1.37. The van der Waals surface area contributed by atoms with E-state index in [1.165, 1.54) is 24.4 Å². The molecule has 0 bridgehead atoms. The number of pyridine rings is 2. The number of aromatic amines is 1. The summed E-state index contributed by atoms with van der Waals surface area (Å²) in [7, 11) is 0. The van der Waals surface area contributed by atoms with Crippen molar-refractivity contribution in [3.05, 3.63) is 98.1 Å². The van der Waals surface area contributed by atoms with Crippen LogP contribution in [0.4, 0.5) is 8.78 Å². The van der Waals surface area contributed by atoms with Crippen molar-refractivity contribution >= 4 is 21.8 Å². The molecule has 2 N–H and O–H groups in total. The van der Waals surface area contributed by atoms with E-state index in [-0.39, 0.29) is 16.1 Å². The molecule has 142 valence electrons. The van der Waals surface area contributed by atoms with Gasteiger partial charge in [-0.05, 0) is 64.3 Å². The van der Waals surface area contributed by atoms with Crippen LogP contribution in [0.2, 0.25) is 0 Å². The number of nitrogens with one attached hydrogen (secondary N) is 2. The molecule has 0 fully saturated rings. The minimum absolute atomic E-state index is 0.258. The Balaban J connectivity index is 1.97. The molecule has 2 aromatic heterocycles. The predicted molar refractivity (Wildman–Crippen MR) is 105 cm³/mol. The van der Waals surface area contributed by atoms with E-state index in [2.05, 4.69) is 31.2 Å². The van der Waals surface area contributed by atoms with Gasteiger partial charge in [-0.1, -0.05) is 12.1 Å². The molecule has 3 heterocycles. The van der Waals surface area contributed by atoms with Gasteiger partial charge in [0.25, 0.3) is 0 Å². The van der Waals surface area contributed by atoms with Gasteiger partial charge in [-0.3, -0.25) is 4.79 Å². The monoisotopic (exact) mass is 444 g/mol. The number of amidine groups is 1. The second kappa shape index (κ2) is 6.94. The Kier molecular flexibility index (Phi) is 4.58. The molecule has 4 rings (SSSR count). The molecule has 1 aliphatic heterocycles. The summed E-state index contributed by atoms with van der Waals surface area (Å²) >= 11 is 3.22. The topological polar surface area (TPSA) is 70.1 Å². The van der Waals surface area contributed by atoms with Gasteiger partial charge in [0, 0.05) is 12.3 Å². The molecule has 0 spiro atoms. The molecule has 0 radical (unpaired) electrons. The van der Waals surface area contributed by atoms with Crippen molar-refractivity contribution in [2.24, 2.45) is 4.99 Å². The number of hydrogen-bond acceptors (Lipinski definition) is 4. The highest BCUT2D eigenvalue weighted by Crippen LogP contribution is 2.41. The number of rotatable bonds is 3. The summed E-state index contributed by atoms with van der Waals surface area (Å²) in [5, 5.41) is 3.27. The van der Waals surface area contributed by atoms with Crippen LogP contribution in [-0.2, 0) is 5.54 Å². The highest BCUT2D eigenvalue weighted by atomic mass is 79.9. The first kappa shape index (κ1) is 18.5. The lowest BCUT2D eigenvalue weighted by Crippen LogP contribution is -2.41. The highest BCUT2D eigenvalue weighted by Gasteiger charge is 2.45. The van der Waals surface area contributed by atoms with E-state index in [0.717, 1.165) is 0 Å². The molecule has 5 nitrogen and oxygen atoms in total. The van der Waals surface area contributed by atoms with E-state index in [0.29, 0.717) is 22.7 Å². The average Bonchev–Trinajstić information content (AvgIpc) is 3.02. The van der Waals surface area contributed by atoms with E-state index in [9.17, 15) is 13.6 Å². The standard InChI is InChI=1S/C20H15BrF2N4O/c1-11-20(13-7-8-24-17(23)10-13,12-5-6-15(22)14(21)9-12)27-19(25-11)16-3-2-4-18(28)26-16/h2-11H,1H3,(H,25,27)(H,26,28)/t11-,20+/m0/s1. The molecule has 0 amide bonds. The summed E-state index contributed by atoms with van der Waals surface area (Å²) in [6.45, 7) is 1.90. The van der Waals surface area contributed by atoms with Gasteiger partial charge in [-0.25, -0.2) is 14.4 Å². The van der Waals surface area contributed by atoms with Crippen LogP contribution >= 0.6 is 15.9 Å². The Morgan fingerprint density at radius 2 is 1.89 bits per heavy atom. The number of aliphatic imine (C=N–C) groups is 1. The summed E-state index contributed by atoms with van der Waals surface area (Å²) in [5.41, 5.74) is 0.442. The van der Waals surface area contributed by atoms with E-state index < -0.39 is 17.3 Å². The van der Waals surface area contributed by atoms with Crippen molar-refractivity contribution in [1.82, 2.24) is 15.3 Å². The van der Waals surface area contributed by atoms with Crippen LogP contribution in [-0.4, -0.2) is 21.8 Å². The minimum Gasteiger partial charge on any atom is -0.363 e. The van der Waals surface area contributed by atoms with Crippen LogP contribution in [0.15, 0.2) is 69.0 Å². The van der Waals surface area contributed by atoms with Gasteiger partial charge in [-0.15, -0.1) is 0 Å². The molecule has 1 aliphatic rings. The van der Waals surface area contributed by atoms with E-state index in [4.69, 9.17) is 4.99 Å². The van der Waals surface area contributed by atoms with Gasteiger partial charge in [0.15, 0.2) is 0 Å². The Hall–Kier alpha value is -2.87. The van der Waals surface area contributed by atoms with E-state index >= 15 is 0 Å². The second-order valence-corrected chi connectivity index (χ2v) is 7.37. The third-order valence-corrected chi connectivity index (χ3v) is 5.43. The zero-order valence-corrected chi connectivity index (χ0v) is 16.3. The van der Waals surface area contributed by atoms with Crippen LogP contribution < -0.4 is 10.9 Å². The van der Waals surface area contributed by atoms with E-state index in [1.807, 2.05) is 6.92 Å². The number of hydrogen-bond donors (Lipinski definition) is 2. The van der Waals surface area contributed by atoms with Gasteiger partial charge in [0.2, 0.25) is 11.5 Å². The molecule has 28 heavy (non-hydrogen) atoms. The Labute approximate surface area is 167 Å². The Morgan fingerprint density at radius 3 is 2.61 bits per heavy atom. The zero-order chi connectivity index (χ0) is 19.9. The lowest BCUT2D eigenvalue weighted by atomic mass is 9.79. The van der Waals surface area contributed by atoms with Crippen molar-refractivity contribution in [3.8, 4) is 0 Å². The smallest absolute Gasteiger partial charge is 0.248 e. The summed E-state index contributed by atoms with van der Waals surface area (Å²) in [5.74, 6) is -0.583. The molecule has 0 aliphatic carbocycles. The van der Waals surface area contributed by atoms with Gasteiger partial charge in [-0.2, -0.15) is 4.39 Å². The Bertz CT molecular complexity index is 1150. The number of halogens is 3. The molecule has 0 saturated heterocycles. The molecular weight excluding hydrogens is 430 g/mol. The van der Waals surface area contributed by atoms with E-state index in [1.54, 1.807) is 30.3 Å². The third kappa shape index (κ3) is 3.03. The fraction of sp³-hybridized carbons (Fsp3) is 0.150. The fourth-order valence-corrected chi connectivity index (χ4v) is 3.89. The highest BCUT2D eigenvalue weighted by molar-refractivity contribution is 9.10.